The van der Waals surface area contributed by atoms with Crippen LogP contribution in [0.5, 0.6) is 5.75 Å². The summed E-state index contributed by atoms with van der Waals surface area (Å²) in [6, 6.07) is 5.98. The number of halogens is 2. The number of amides is 1. The van der Waals surface area contributed by atoms with Crippen LogP contribution in [0.25, 0.3) is 0 Å². The van der Waals surface area contributed by atoms with E-state index in [1.165, 1.54) is 12.1 Å². The summed E-state index contributed by atoms with van der Waals surface area (Å²) in [6.07, 6.45) is 2.40. The number of alkyl halides is 2. The number of ether oxygens (including phenoxy) is 1. The van der Waals surface area contributed by atoms with Crippen molar-refractivity contribution in [3.8, 4) is 5.75 Å². The van der Waals surface area contributed by atoms with Crippen molar-refractivity contribution in [1.82, 2.24) is 5.32 Å². The summed E-state index contributed by atoms with van der Waals surface area (Å²) in [5.41, 5.74) is 0.247. The van der Waals surface area contributed by atoms with Crippen molar-refractivity contribution in [2.75, 3.05) is 18.4 Å². The molecular weight excluding hydrogens is 278 g/mol. The molecule has 1 saturated heterocycles. The Hall–Kier alpha value is -1.69. The van der Waals surface area contributed by atoms with Gasteiger partial charge in [-0.2, -0.15) is 8.78 Å². The minimum absolute atomic E-state index is 0.00553. The van der Waals surface area contributed by atoms with Crippen LogP contribution in [0.1, 0.15) is 26.2 Å². The Balaban J connectivity index is 2.01. The van der Waals surface area contributed by atoms with Crippen molar-refractivity contribution in [2.45, 2.75) is 32.8 Å². The van der Waals surface area contributed by atoms with E-state index < -0.39 is 6.61 Å². The lowest BCUT2D eigenvalue weighted by atomic mass is 9.76. The predicted octanol–water partition coefficient (Wildman–Crippen LogP) is 3.01. The van der Waals surface area contributed by atoms with Gasteiger partial charge in [0, 0.05) is 5.69 Å². The average molecular weight is 298 g/mol. The molecule has 2 rings (SSSR count). The van der Waals surface area contributed by atoms with Crippen LogP contribution in [-0.4, -0.2) is 25.6 Å². The molecule has 4 nitrogen and oxygen atoms in total. The van der Waals surface area contributed by atoms with Gasteiger partial charge in [-0.25, -0.2) is 0 Å². The van der Waals surface area contributed by atoms with Gasteiger partial charge in [-0.3, -0.25) is 4.79 Å². The molecule has 21 heavy (non-hydrogen) atoms. The molecule has 0 radical (unpaired) electrons. The van der Waals surface area contributed by atoms with Crippen LogP contribution >= 0.6 is 0 Å². The molecule has 6 heteroatoms. The second-order valence-electron chi connectivity index (χ2n) is 5.24. The van der Waals surface area contributed by atoms with E-state index in [9.17, 15) is 13.6 Å². The number of benzene rings is 1. The third kappa shape index (κ3) is 3.91. The second kappa shape index (κ2) is 6.85. The van der Waals surface area contributed by atoms with Gasteiger partial charge in [0.15, 0.2) is 0 Å². The zero-order valence-electron chi connectivity index (χ0n) is 12.0. The Morgan fingerprint density at radius 1 is 1.33 bits per heavy atom. The SMILES string of the molecule is CCC1(C(=O)Nc2ccc(OC(F)F)cc2)CCNCC1. The molecule has 0 aliphatic carbocycles. The molecule has 0 bridgehead atoms. The molecule has 0 unspecified atom stereocenters. The zero-order valence-corrected chi connectivity index (χ0v) is 12.0. The highest BCUT2D eigenvalue weighted by Gasteiger charge is 2.37. The number of carbonyl (C=O) groups excluding carboxylic acids is 1. The van der Waals surface area contributed by atoms with E-state index in [2.05, 4.69) is 15.4 Å². The highest BCUT2D eigenvalue weighted by molar-refractivity contribution is 5.95. The molecule has 0 spiro atoms. The molecule has 1 fully saturated rings. The first-order chi connectivity index (χ1) is 10.1. The summed E-state index contributed by atoms with van der Waals surface area (Å²) in [7, 11) is 0. The lowest BCUT2D eigenvalue weighted by Gasteiger charge is -2.35. The summed E-state index contributed by atoms with van der Waals surface area (Å²) in [5.74, 6) is 0.0732. The van der Waals surface area contributed by atoms with Crippen LogP contribution in [-0.2, 0) is 4.79 Å². The Bertz CT molecular complexity index is 471. The van der Waals surface area contributed by atoms with E-state index in [0.29, 0.717) is 5.69 Å². The summed E-state index contributed by atoms with van der Waals surface area (Å²) in [5, 5.41) is 6.12. The molecule has 1 aromatic rings. The third-order valence-corrected chi connectivity index (χ3v) is 4.06. The number of anilines is 1. The first kappa shape index (κ1) is 15.7. The van der Waals surface area contributed by atoms with Crippen molar-refractivity contribution < 1.29 is 18.3 Å². The smallest absolute Gasteiger partial charge is 0.387 e. The van der Waals surface area contributed by atoms with Crippen LogP contribution in [0.2, 0.25) is 0 Å². The second-order valence-corrected chi connectivity index (χ2v) is 5.24. The first-order valence-corrected chi connectivity index (χ1v) is 7.13. The maximum atomic E-state index is 12.5. The highest BCUT2D eigenvalue weighted by atomic mass is 19.3. The van der Waals surface area contributed by atoms with Crippen molar-refractivity contribution in [2.24, 2.45) is 5.41 Å². The van der Waals surface area contributed by atoms with E-state index in [1.54, 1.807) is 12.1 Å². The lowest BCUT2D eigenvalue weighted by molar-refractivity contribution is -0.127. The van der Waals surface area contributed by atoms with E-state index >= 15 is 0 Å². The maximum Gasteiger partial charge on any atom is 0.387 e. The molecule has 0 atom stereocenters. The summed E-state index contributed by atoms with van der Waals surface area (Å²) >= 11 is 0. The number of piperidine rings is 1. The van der Waals surface area contributed by atoms with Crippen molar-refractivity contribution in [3.63, 3.8) is 0 Å². The van der Waals surface area contributed by atoms with Gasteiger partial charge in [-0.15, -0.1) is 0 Å². The van der Waals surface area contributed by atoms with Crippen molar-refractivity contribution in [1.29, 1.82) is 0 Å². The van der Waals surface area contributed by atoms with Gasteiger partial charge in [0.2, 0.25) is 5.91 Å². The molecule has 0 saturated carbocycles. The van der Waals surface area contributed by atoms with Gasteiger partial charge in [0.05, 0.1) is 5.41 Å². The minimum atomic E-state index is -2.84. The molecule has 1 aliphatic heterocycles. The predicted molar refractivity (Wildman–Crippen MR) is 76.5 cm³/mol. The van der Waals surface area contributed by atoms with Gasteiger partial charge in [-0.05, 0) is 56.6 Å². The lowest BCUT2D eigenvalue weighted by Crippen LogP contribution is -2.44. The number of hydrogen-bond acceptors (Lipinski definition) is 3. The van der Waals surface area contributed by atoms with Crippen LogP contribution < -0.4 is 15.4 Å². The van der Waals surface area contributed by atoms with Crippen LogP contribution in [0.15, 0.2) is 24.3 Å². The summed E-state index contributed by atoms with van der Waals surface area (Å²) in [6.45, 7) is 0.846. The highest BCUT2D eigenvalue weighted by Crippen LogP contribution is 2.34. The zero-order chi connectivity index (χ0) is 15.3. The molecule has 1 aliphatic rings. The largest absolute Gasteiger partial charge is 0.435 e. The van der Waals surface area contributed by atoms with E-state index in [1.807, 2.05) is 6.92 Å². The summed E-state index contributed by atoms with van der Waals surface area (Å²) in [4.78, 5) is 12.5. The van der Waals surface area contributed by atoms with Gasteiger partial charge >= 0.3 is 6.61 Å². The number of rotatable bonds is 5. The molecule has 0 aromatic heterocycles. The monoisotopic (exact) mass is 298 g/mol. The standard InChI is InChI=1S/C15H20F2N2O2/c1-2-15(7-9-18-10-8-15)13(20)19-11-3-5-12(6-4-11)21-14(16)17/h3-6,14,18H,2,7-10H2,1H3,(H,19,20). The Morgan fingerprint density at radius 3 is 2.48 bits per heavy atom. The van der Waals surface area contributed by atoms with Crippen molar-refractivity contribution in [3.05, 3.63) is 24.3 Å². The molecular formula is C15H20F2N2O2. The molecule has 2 N–H and O–H groups in total. The van der Waals surface area contributed by atoms with E-state index in [4.69, 9.17) is 0 Å². The first-order valence-electron chi connectivity index (χ1n) is 7.13. The Kier molecular flexibility index (Phi) is 5.12. The molecule has 1 heterocycles. The Morgan fingerprint density at radius 2 is 1.95 bits per heavy atom. The fraction of sp³-hybridized carbons (Fsp3) is 0.533. The van der Waals surface area contributed by atoms with E-state index in [0.717, 1.165) is 32.4 Å². The molecule has 1 amide bonds. The summed E-state index contributed by atoms with van der Waals surface area (Å²) < 4.78 is 28.4. The van der Waals surface area contributed by atoms with Crippen LogP contribution in [0.3, 0.4) is 0 Å². The van der Waals surface area contributed by atoms with Crippen LogP contribution in [0, 0.1) is 5.41 Å². The number of nitrogens with one attached hydrogen (secondary N) is 2. The minimum Gasteiger partial charge on any atom is -0.435 e. The van der Waals surface area contributed by atoms with Gasteiger partial charge in [0.1, 0.15) is 5.75 Å². The fourth-order valence-electron chi connectivity index (χ4n) is 2.63. The van der Waals surface area contributed by atoms with Gasteiger partial charge < -0.3 is 15.4 Å². The fourth-order valence-corrected chi connectivity index (χ4v) is 2.63. The quantitative estimate of drug-likeness (QED) is 0.878. The topological polar surface area (TPSA) is 50.4 Å². The van der Waals surface area contributed by atoms with Crippen LogP contribution in [0.4, 0.5) is 14.5 Å². The maximum absolute atomic E-state index is 12.5. The van der Waals surface area contributed by atoms with Crippen molar-refractivity contribution >= 4 is 11.6 Å². The van der Waals surface area contributed by atoms with Gasteiger partial charge in [-0.1, -0.05) is 6.92 Å². The van der Waals surface area contributed by atoms with Gasteiger partial charge in [0.25, 0.3) is 0 Å². The third-order valence-electron chi connectivity index (χ3n) is 4.06. The number of hydrogen-bond donors (Lipinski definition) is 2. The van der Waals surface area contributed by atoms with E-state index in [-0.39, 0.29) is 17.1 Å². The number of carbonyl (C=O) groups is 1. The Labute approximate surface area is 122 Å². The normalized spacial score (nSPS) is 17.5. The molecule has 116 valence electrons. The molecule has 1 aromatic carbocycles. The average Bonchev–Trinajstić information content (AvgIpc) is 2.49.